The number of hydrogen-bond acceptors (Lipinski definition) is 8. The van der Waals surface area contributed by atoms with E-state index in [0.717, 1.165) is 48.6 Å². The number of nitrogens with zero attached hydrogens (tertiary/aromatic N) is 5. The van der Waals surface area contributed by atoms with Crippen molar-refractivity contribution in [3.63, 3.8) is 0 Å². The van der Waals surface area contributed by atoms with Crippen molar-refractivity contribution >= 4 is 28.8 Å². The van der Waals surface area contributed by atoms with Crippen LogP contribution in [0.3, 0.4) is 0 Å². The molecular formula is C25H24N8O. The van der Waals surface area contributed by atoms with Crippen LogP contribution in [0.4, 0.5) is 28.8 Å². The first-order valence-corrected chi connectivity index (χ1v) is 11.1. The minimum Gasteiger partial charge on any atom is -0.399 e. The number of ether oxygens (including phenoxy) is 1. The molecule has 1 aliphatic rings. The third-order valence-electron chi connectivity index (χ3n) is 5.71. The molecule has 9 heteroatoms. The lowest BCUT2D eigenvalue weighted by atomic mass is 10.1. The molecule has 2 aromatic heterocycles. The highest BCUT2D eigenvalue weighted by atomic mass is 16.5. The maximum absolute atomic E-state index is 9.01. The third-order valence-corrected chi connectivity index (χ3v) is 5.71. The SMILES string of the molecule is N#Cc1ccc(Nc2ncc(-c3cnn(C4CCOCC4)c3)c(Nc3ccc(N)cc3)n2)cc1. The fourth-order valence-electron chi connectivity index (χ4n) is 3.84. The lowest BCUT2D eigenvalue weighted by Gasteiger charge is -2.22. The van der Waals surface area contributed by atoms with Gasteiger partial charge in [-0.3, -0.25) is 4.68 Å². The second kappa shape index (κ2) is 9.60. The Hall–Kier alpha value is -4.42. The fourth-order valence-corrected chi connectivity index (χ4v) is 3.84. The molecule has 4 aromatic rings. The highest BCUT2D eigenvalue weighted by Gasteiger charge is 2.18. The van der Waals surface area contributed by atoms with Gasteiger partial charge in [0, 0.05) is 53.8 Å². The average molecular weight is 453 g/mol. The molecule has 0 saturated carbocycles. The molecule has 0 unspecified atom stereocenters. The van der Waals surface area contributed by atoms with Crippen molar-refractivity contribution in [2.75, 3.05) is 29.6 Å². The maximum atomic E-state index is 9.01. The predicted octanol–water partition coefficient (Wildman–Crippen LogP) is 4.63. The summed E-state index contributed by atoms with van der Waals surface area (Å²) < 4.78 is 7.49. The molecule has 0 aliphatic carbocycles. The number of nitrogen functional groups attached to an aromatic ring is 1. The van der Waals surface area contributed by atoms with Crippen LogP contribution in [0.25, 0.3) is 11.1 Å². The lowest BCUT2D eigenvalue weighted by Crippen LogP contribution is -2.19. The zero-order chi connectivity index (χ0) is 23.3. The summed E-state index contributed by atoms with van der Waals surface area (Å²) in [7, 11) is 0. The van der Waals surface area contributed by atoms with Crippen molar-refractivity contribution in [1.29, 1.82) is 5.26 Å². The van der Waals surface area contributed by atoms with E-state index in [9.17, 15) is 0 Å². The van der Waals surface area contributed by atoms with Gasteiger partial charge in [-0.1, -0.05) is 0 Å². The van der Waals surface area contributed by atoms with Crippen LogP contribution in [-0.2, 0) is 4.74 Å². The van der Waals surface area contributed by atoms with Gasteiger partial charge in [-0.25, -0.2) is 4.98 Å². The van der Waals surface area contributed by atoms with E-state index >= 15 is 0 Å². The third kappa shape index (κ3) is 4.82. The Kier molecular flexibility index (Phi) is 6.05. The molecular weight excluding hydrogens is 428 g/mol. The molecule has 0 spiro atoms. The van der Waals surface area contributed by atoms with Gasteiger partial charge in [-0.15, -0.1) is 0 Å². The predicted molar refractivity (Wildman–Crippen MR) is 131 cm³/mol. The molecule has 1 aliphatic heterocycles. The number of nitriles is 1. The second-order valence-corrected chi connectivity index (χ2v) is 8.07. The quantitative estimate of drug-likeness (QED) is 0.361. The largest absolute Gasteiger partial charge is 0.399 e. The van der Waals surface area contributed by atoms with E-state index < -0.39 is 0 Å². The van der Waals surface area contributed by atoms with Crippen molar-refractivity contribution in [2.24, 2.45) is 0 Å². The van der Waals surface area contributed by atoms with Gasteiger partial charge < -0.3 is 21.1 Å². The number of benzene rings is 2. The first-order chi connectivity index (χ1) is 16.7. The Morgan fingerprint density at radius 1 is 0.971 bits per heavy atom. The average Bonchev–Trinajstić information content (AvgIpc) is 3.37. The van der Waals surface area contributed by atoms with Crippen molar-refractivity contribution in [3.8, 4) is 17.2 Å². The van der Waals surface area contributed by atoms with Gasteiger partial charge in [0.1, 0.15) is 5.82 Å². The lowest BCUT2D eigenvalue weighted by molar-refractivity contribution is 0.0662. The highest BCUT2D eigenvalue weighted by molar-refractivity contribution is 5.78. The van der Waals surface area contributed by atoms with E-state index in [4.69, 9.17) is 20.7 Å². The van der Waals surface area contributed by atoms with E-state index in [-0.39, 0.29) is 0 Å². The van der Waals surface area contributed by atoms with E-state index in [2.05, 4.69) is 26.8 Å². The van der Waals surface area contributed by atoms with Crippen molar-refractivity contribution in [1.82, 2.24) is 19.7 Å². The monoisotopic (exact) mass is 452 g/mol. The van der Waals surface area contributed by atoms with E-state index in [1.807, 2.05) is 53.5 Å². The molecule has 4 N–H and O–H groups in total. The van der Waals surface area contributed by atoms with E-state index in [1.165, 1.54) is 0 Å². The molecule has 34 heavy (non-hydrogen) atoms. The van der Waals surface area contributed by atoms with Crippen molar-refractivity contribution in [3.05, 3.63) is 72.7 Å². The van der Waals surface area contributed by atoms with Crippen LogP contribution in [0.2, 0.25) is 0 Å². The normalized spacial score (nSPS) is 13.9. The summed E-state index contributed by atoms with van der Waals surface area (Å²) in [6.45, 7) is 1.51. The van der Waals surface area contributed by atoms with Gasteiger partial charge in [0.2, 0.25) is 5.95 Å². The van der Waals surface area contributed by atoms with Crippen LogP contribution < -0.4 is 16.4 Å². The van der Waals surface area contributed by atoms with E-state index in [0.29, 0.717) is 29.1 Å². The van der Waals surface area contributed by atoms with Crippen molar-refractivity contribution < 1.29 is 4.74 Å². The summed E-state index contributed by atoms with van der Waals surface area (Å²) in [6.07, 6.45) is 7.56. The molecule has 0 radical (unpaired) electrons. The van der Waals surface area contributed by atoms with Crippen LogP contribution in [0.5, 0.6) is 0 Å². The number of nitrogens with one attached hydrogen (secondary N) is 2. The molecule has 0 bridgehead atoms. The van der Waals surface area contributed by atoms with Gasteiger partial charge in [-0.2, -0.15) is 15.3 Å². The van der Waals surface area contributed by atoms with Gasteiger partial charge >= 0.3 is 0 Å². The number of rotatable bonds is 6. The number of anilines is 5. The Bertz CT molecular complexity index is 1300. The number of aromatic nitrogens is 4. The van der Waals surface area contributed by atoms with Gasteiger partial charge in [-0.05, 0) is 61.4 Å². The van der Waals surface area contributed by atoms with Gasteiger partial charge in [0.15, 0.2) is 0 Å². The Morgan fingerprint density at radius 2 is 1.68 bits per heavy atom. The molecule has 1 fully saturated rings. The van der Waals surface area contributed by atoms with Gasteiger partial charge in [0.25, 0.3) is 0 Å². The topological polar surface area (TPSA) is 127 Å². The first kappa shape index (κ1) is 21.4. The Balaban J connectivity index is 1.46. The number of nitrogens with two attached hydrogens (primary N) is 1. The van der Waals surface area contributed by atoms with Gasteiger partial charge in [0.05, 0.1) is 23.9 Å². The fraction of sp³-hybridized carbons (Fsp3) is 0.200. The summed E-state index contributed by atoms with van der Waals surface area (Å²) in [6, 6.07) is 17.1. The number of hydrogen-bond donors (Lipinski definition) is 3. The highest BCUT2D eigenvalue weighted by Crippen LogP contribution is 2.31. The Labute approximate surface area is 197 Å². The second-order valence-electron chi connectivity index (χ2n) is 8.07. The van der Waals surface area contributed by atoms with Crippen LogP contribution >= 0.6 is 0 Å². The summed E-state index contributed by atoms with van der Waals surface area (Å²) >= 11 is 0. The molecule has 9 nitrogen and oxygen atoms in total. The molecule has 5 rings (SSSR count). The van der Waals surface area contributed by atoms with Crippen LogP contribution in [0.15, 0.2) is 67.1 Å². The first-order valence-electron chi connectivity index (χ1n) is 11.1. The molecule has 170 valence electrons. The summed E-state index contributed by atoms with van der Waals surface area (Å²) in [5.74, 6) is 1.07. The molecule has 0 amide bonds. The van der Waals surface area contributed by atoms with Crippen LogP contribution in [0.1, 0.15) is 24.4 Å². The summed E-state index contributed by atoms with van der Waals surface area (Å²) in [5.41, 5.74) is 10.5. The minimum absolute atomic E-state index is 0.328. The molecule has 3 heterocycles. The molecule has 2 aromatic carbocycles. The zero-order valence-electron chi connectivity index (χ0n) is 18.5. The zero-order valence-corrected chi connectivity index (χ0v) is 18.5. The van der Waals surface area contributed by atoms with Crippen molar-refractivity contribution in [2.45, 2.75) is 18.9 Å². The Morgan fingerprint density at radius 3 is 2.41 bits per heavy atom. The van der Waals surface area contributed by atoms with Crippen LogP contribution in [-0.4, -0.2) is 33.0 Å². The molecule has 0 atom stereocenters. The standard InChI is InChI=1S/C25H24N8O/c26-13-17-1-5-21(6-2-17)31-25-28-15-23(24(32-25)30-20-7-3-19(27)4-8-20)18-14-29-33(16-18)22-9-11-34-12-10-22/h1-8,14-16,22H,9-12,27H2,(H2,28,30,31,32). The van der Waals surface area contributed by atoms with E-state index in [1.54, 1.807) is 18.3 Å². The minimum atomic E-state index is 0.328. The smallest absolute Gasteiger partial charge is 0.229 e. The summed E-state index contributed by atoms with van der Waals surface area (Å²) in [5, 5.41) is 20.2. The maximum Gasteiger partial charge on any atom is 0.229 e. The molecule has 1 saturated heterocycles. The summed E-state index contributed by atoms with van der Waals surface area (Å²) in [4.78, 5) is 9.27. The van der Waals surface area contributed by atoms with Crippen LogP contribution in [0, 0.1) is 11.3 Å².